The van der Waals surface area contributed by atoms with Crippen LogP contribution in [0.5, 0.6) is 11.5 Å². The van der Waals surface area contributed by atoms with Gasteiger partial charge in [0.15, 0.2) is 0 Å². The summed E-state index contributed by atoms with van der Waals surface area (Å²) in [6, 6.07) is 4.79. The van der Waals surface area contributed by atoms with Crippen LogP contribution in [0.4, 0.5) is 4.79 Å². The van der Waals surface area contributed by atoms with Gasteiger partial charge in [0.05, 0.1) is 27.4 Å². The van der Waals surface area contributed by atoms with Gasteiger partial charge in [-0.15, -0.1) is 0 Å². The van der Waals surface area contributed by atoms with Crippen LogP contribution in [0.2, 0.25) is 0 Å². The van der Waals surface area contributed by atoms with E-state index in [0.29, 0.717) is 18.1 Å². The predicted octanol–water partition coefficient (Wildman–Crippen LogP) is 2.24. The number of ether oxygens (including phenoxy) is 4. The molecule has 1 amide bonds. The van der Waals surface area contributed by atoms with E-state index in [-0.39, 0.29) is 24.6 Å². The summed E-state index contributed by atoms with van der Waals surface area (Å²) in [4.78, 5) is 23.1. The number of methoxy groups -OCH3 is 2. The minimum atomic E-state index is -0.507. The summed E-state index contributed by atoms with van der Waals surface area (Å²) in [6.45, 7) is 4.68. The third-order valence-electron chi connectivity index (χ3n) is 2.77. The highest BCUT2D eigenvalue weighted by atomic mass is 16.5. The Morgan fingerprint density at radius 3 is 2.57 bits per heavy atom. The number of rotatable bonds is 8. The Bertz CT molecular complexity index is 529. The van der Waals surface area contributed by atoms with Gasteiger partial charge >= 0.3 is 12.1 Å². The van der Waals surface area contributed by atoms with Crippen molar-refractivity contribution in [2.24, 2.45) is 5.92 Å². The van der Waals surface area contributed by atoms with Crippen molar-refractivity contribution in [2.45, 2.75) is 13.8 Å². The Labute approximate surface area is 135 Å². The molecule has 23 heavy (non-hydrogen) atoms. The van der Waals surface area contributed by atoms with E-state index in [1.165, 1.54) is 14.2 Å². The fourth-order valence-corrected chi connectivity index (χ4v) is 1.64. The summed E-state index contributed by atoms with van der Waals surface area (Å²) in [6.07, 6.45) is -0.499. The van der Waals surface area contributed by atoms with Crippen LogP contribution >= 0.6 is 0 Å². The van der Waals surface area contributed by atoms with Crippen molar-refractivity contribution in [3.05, 3.63) is 23.8 Å². The zero-order valence-electron chi connectivity index (χ0n) is 13.9. The first-order valence-electron chi connectivity index (χ1n) is 7.27. The van der Waals surface area contributed by atoms with Gasteiger partial charge < -0.3 is 24.3 Å². The second kappa shape index (κ2) is 9.55. The van der Waals surface area contributed by atoms with Crippen molar-refractivity contribution in [2.75, 3.05) is 34.0 Å². The Morgan fingerprint density at radius 1 is 1.22 bits per heavy atom. The Morgan fingerprint density at radius 2 is 1.96 bits per heavy atom. The van der Waals surface area contributed by atoms with Crippen LogP contribution in [0.1, 0.15) is 24.2 Å². The molecule has 1 aromatic rings. The van der Waals surface area contributed by atoms with Crippen LogP contribution < -0.4 is 14.8 Å². The molecular formula is C16H23NO6. The molecule has 1 aromatic carbocycles. The van der Waals surface area contributed by atoms with Gasteiger partial charge in [-0.2, -0.15) is 0 Å². The maximum absolute atomic E-state index is 11.7. The highest BCUT2D eigenvalue weighted by molar-refractivity contribution is 5.92. The van der Waals surface area contributed by atoms with Gasteiger partial charge in [-0.25, -0.2) is 9.59 Å². The minimum absolute atomic E-state index is 0.175. The SMILES string of the molecule is COC(=O)c1ccc(OC)cc1OCCNC(=O)OCC(C)C. The van der Waals surface area contributed by atoms with Gasteiger partial charge in [0.1, 0.15) is 23.7 Å². The van der Waals surface area contributed by atoms with E-state index in [9.17, 15) is 9.59 Å². The van der Waals surface area contributed by atoms with Gasteiger partial charge in [-0.3, -0.25) is 0 Å². The molecule has 0 unspecified atom stereocenters. The van der Waals surface area contributed by atoms with Gasteiger partial charge in [-0.05, 0) is 18.1 Å². The zero-order chi connectivity index (χ0) is 17.2. The average Bonchev–Trinajstić information content (AvgIpc) is 2.55. The molecule has 0 aromatic heterocycles. The number of benzene rings is 1. The smallest absolute Gasteiger partial charge is 0.407 e. The van der Waals surface area contributed by atoms with Gasteiger partial charge in [-0.1, -0.05) is 13.8 Å². The Hall–Kier alpha value is -2.44. The Kier molecular flexibility index (Phi) is 7.73. The second-order valence-electron chi connectivity index (χ2n) is 5.12. The van der Waals surface area contributed by atoms with E-state index in [2.05, 4.69) is 5.32 Å². The lowest BCUT2D eigenvalue weighted by Crippen LogP contribution is -2.29. The summed E-state index contributed by atoms with van der Waals surface area (Å²) in [7, 11) is 2.81. The molecule has 7 heteroatoms. The summed E-state index contributed by atoms with van der Waals surface area (Å²) < 4.78 is 20.3. The molecule has 128 valence electrons. The van der Waals surface area contributed by atoms with Crippen molar-refractivity contribution >= 4 is 12.1 Å². The molecule has 1 rings (SSSR count). The topological polar surface area (TPSA) is 83.1 Å². The Balaban J connectivity index is 2.53. The number of amides is 1. The summed E-state index contributed by atoms with van der Waals surface area (Å²) in [5, 5.41) is 2.57. The number of carbonyl (C=O) groups excluding carboxylic acids is 2. The van der Waals surface area contributed by atoms with Crippen molar-refractivity contribution in [1.82, 2.24) is 5.32 Å². The van der Waals surface area contributed by atoms with E-state index in [1.54, 1.807) is 18.2 Å². The van der Waals surface area contributed by atoms with Crippen LogP contribution in [0.15, 0.2) is 18.2 Å². The van der Waals surface area contributed by atoms with E-state index >= 15 is 0 Å². The average molecular weight is 325 g/mol. The molecule has 0 radical (unpaired) electrons. The molecule has 0 saturated heterocycles. The number of hydrogen-bond acceptors (Lipinski definition) is 6. The number of alkyl carbamates (subject to hydrolysis) is 1. The second-order valence-corrected chi connectivity index (χ2v) is 5.12. The van der Waals surface area contributed by atoms with Crippen molar-refractivity contribution in [3.8, 4) is 11.5 Å². The van der Waals surface area contributed by atoms with Crippen LogP contribution in [0, 0.1) is 5.92 Å². The lowest BCUT2D eigenvalue weighted by Gasteiger charge is -2.12. The number of esters is 1. The summed E-state index contributed by atoms with van der Waals surface area (Å²) in [5.74, 6) is 0.647. The highest BCUT2D eigenvalue weighted by Gasteiger charge is 2.14. The standard InChI is InChI=1S/C16H23NO6/c1-11(2)10-23-16(19)17-7-8-22-14-9-12(20-3)5-6-13(14)15(18)21-4/h5-6,9,11H,7-8,10H2,1-4H3,(H,17,19). The molecule has 0 fully saturated rings. The largest absolute Gasteiger partial charge is 0.497 e. The lowest BCUT2D eigenvalue weighted by atomic mass is 10.2. The molecular weight excluding hydrogens is 302 g/mol. The number of hydrogen-bond donors (Lipinski definition) is 1. The van der Waals surface area contributed by atoms with Gasteiger partial charge in [0.2, 0.25) is 0 Å². The summed E-state index contributed by atoms with van der Waals surface area (Å²) >= 11 is 0. The van der Waals surface area contributed by atoms with Gasteiger partial charge in [0.25, 0.3) is 0 Å². The van der Waals surface area contributed by atoms with Crippen LogP contribution in [0.3, 0.4) is 0 Å². The minimum Gasteiger partial charge on any atom is -0.497 e. The first kappa shape index (κ1) is 18.6. The molecule has 0 aliphatic heterocycles. The van der Waals surface area contributed by atoms with Crippen LogP contribution in [-0.4, -0.2) is 46.0 Å². The number of carbonyl (C=O) groups is 2. The maximum atomic E-state index is 11.7. The maximum Gasteiger partial charge on any atom is 0.407 e. The van der Waals surface area contributed by atoms with E-state index in [1.807, 2.05) is 13.8 Å². The third-order valence-corrected chi connectivity index (χ3v) is 2.77. The van der Waals surface area contributed by atoms with E-state index in [4.69, 9.17) is 18.9 Å². The van der Waals surface area contributed by atoms with Crippen LogP contribution in [-0.2, 0) is 9.47 Å². The zero-order valence-corrected chi connectivity index (χ0v) is 13.9. The van der Waals surface area contributed by atoms with E-state index in [0.717, 1.165) is 0 Å². The lowest BCUT2D eigenvalue weighted by molar-refractivity contribution is 0.0595. The molecule has 0 aliphatic carbocycles. The molecule has 0 aliphatic rings. The number of nitrogens with one attached hydrogen (secondary N) is 1. The molecule has 7 nitrogen and oxygen atoms in total. The fraction of sp³-hybridized carbons (Fsp3) is 0.500. The van der Waals surface area contributed by atoms with Crippen molar-refractivity contribution < 1.29 is 28.5 Å². The van der Waals surface area contributed by atoms with Crippen molar-refractivity contribution in [1.29, 1.82) is 0 Å². The summed E-state index contributed by atoms with van der Waals surface area (Å²) in [5.41, 5.74) is 0.288. The highest BCUT2D eigenvalue weighted by Crippen LogP contribution is 2.25. The predicted molar refractivity (Wildman–Crippen MR) is 84.0 cm³/mol. The molecule has 0 heterocycles. The molecule has 0 saturated carbocycles. The first-order chi connectivity index (χ1) is 11.0. The third kappa shape index (κ3) is 6.46. The molecule has 0 atom stereocenters. The van der Waals surface area contributed by atoms with E-state index < -0.39 is 12.1 Å². The van der Waals surface area contributed by atoms with Crippen LogP contribution in [0.25, 0.3) is 0 Å². The normalized spacial score (nSPS) is 10.1. The molecule has 1 N–H and O–H groups in total. The monoisotopic (exact) mass is 325 g/mol. The van der Waals surface area contributed by atoms with Gasteiger partial charge in [0, 0.05) is 6.07 Å². The van der Waals surface area contributed by atoms with Crippen molar-refractivity contribution in [3.63, 3.8) is 0 Å². The molecule has 0 bridgehead atoms. The molecule has 0 spiro atoms. The first-order valence-corrected chi connectivity index (χ1v) is 7.27. The quantitative estimate of drug-likeness (QED) is 0.583. The fourth-order valence-electron chi connectivity index (χ4n) is 1.64.